The van der Waals surface area contributed by atoms with E-state index in [4.69, 9.17) is 11.6 Å². The van der Waals surface area contributed by atoms with Crippen LogP contribution in [0.25, 0.3) is 0 Å². The Morgan fingerprint density at radius 1 is 1.18 bits per heavy atom. The molecule has 2 rings (SSSR count). The molecule has 0 bridgehead atoms. The first-order valence-electron chi connectivity index (χ1n) is 6.63. The van der Waals surface area contributed by atoms with E-state index in [-0.39, 0.29) is 11.7 Å². The first-order valence-corrected chi connectivity index (χ1v) is 7.00. The van der Waals surface area contributed by atoms with Crippen molar-refractivity contribution in [1.82, 2.24) is 4.90 Å². The summed E-state index contributed by atoms with van der Waals surface area (Å²) in [7, 11) is 1.58. The number of carbonyl (C=O) groups is 1. The second kappa shape index (κ2) is 6.75. The van der Waals surface area contributed by atoms with Crippen molar-refractivity contribution in [3.8, 4) is 0 Å². The first kappa shape index (κ1) is 16.2. The molecular weight excluding hydrogens is 310 g/mol. The van der Waals surface area contributed by atoms with Crippen LogP contribution >= 0.6 is 11.6 Å². The van der Waals surface area contributed by atoms with Crippen LogP contribution in [0.2, 0.25) is 5.02 Å². The number of hydrogen-bond acceptors (Lipinski definition) is 1. The van der Waals surface area contributed by atoms with Gasteiger partial charge in [-0.1, -0.05) is 29.8 Å². The minimum absolute atomic E-state index is 0.0562. The number of halogens is 3. The lowest BCUT2D eigenvalue weighted by molar-refractivity contribution is 0.208. The Balaban J connectivity index is 2.13. The maximum atomic E-state index is 13.1. The Labute approximate surface area is 132 Å². The second-order valence-corrected chi connectivity index (χ2v) is 5.30. The van der Waals surface area contributed by atoms with E-state index in [0.29, 0.717) is 5.02 Å². The van der Waals surface area contributed by atoms with Crippen LogP contribution in [-0.2, 0) is 0 Å². The summed E-state index contributed by atoms with van der Waals surface area (Å²) in [6.07, 6.45) is 0. The predicted octanol–water partition coefficient (Wildman–Crippen LogP) is 4.84. The summed E-state index contributed by atoms with van der Waals surface area (Å²) in [5.41, 5.74) is 0.841. The molecule has 0 aliphatic carbocycles. The molecule has 0 aliphatic heterocycles. The third kappa shape index (κ3) is 3.74. The van der Waals surface area contributed by atoms with Gasteiger partial charge in [-0.05, 0) is 30.7 Å². The lowest BCUT2D eigenvalue weighted by Crippen LogP contribution is -2.33. The fourth-order valence-electron chi connectivity index (χ4n) is 2.04. The number of anilines is 1. The van der Waals surface area contributed by atoms with Crippen LogP contribution in [0.15, 0.2) is 42.5 Å². The van der Waals surface area contributed by atoms with E-state index in [0.717, 1.165) is 23.8 Å². The molecule has 0 fully saturated rings. The number of benzene rings is 2. The summed E-state index contributed by atoms with van der Waals surface area (Å²) in [4.78, 5) is 13.6. The summed E-state index contributed by atoms with van der Waals surface area (Å²) in [6.45, 7) is 1.81. The van der Waals surface area contributed by atoms with Crippen molar-refractivity contribution < 1.29 is 13.6 Å². The van der Waals surface area contributed by atoms with Crippen molar-refractivity contribution in [2.24, 2.45) is 0 Å². The largest absolute Gasteiger partial charge is 0.322 e. The van der Waals surface area contributed by atoms with Crippen LogP contribution in [0.3, 0.4) is 0 Å². The van der Waals surface area contributed by atoms with Gasteiger partial charge in [0.05, 0.1) is 6.04 Å². The van der Waals surface area contributed by atoms with Crippen molar-refractivity contribution in [3.63, 3.8) is 0 Å². The average molecular weight is 325 g/mol. The first-order chi connectivity index (χ1) is 10.4. The van der Waals surface area contributed by atoms with Crippen LogP contribution in [0.5, 0.6) is 0 Å². The molecule has 22 heavy (non-hydrogen) atoms. The van der Waals surface area contributed by atoms with E-state index in [2.05, 4.69) is 5.32 Å². The van der Waals surface area contributed by atoms with Crippen molar-refractivity contribution in [1.29, 1.82) is 0 Å². The third-order valence-corrected chi connectivity index (χ3v) is 3.71. The van der Waals surface area contributed by atoms with Crippen molar-refractivity contribution in [2.45, 2.75) is 13.0 Å². The summed E-state index contributed by atoms with van der Waals surface area (Å²) >= 11 is 6.11. The lowest BCUT2D eigenvalue weighted by Gasteiger charge is -2.26. The van der Waals surface area contributed by atoms with Gasteiger partial charge in [0.1, 0.15) is 11.6 Å². The average Bonchev–Trinajstić information content (AvgIpc) is 2.45. The van der Waals surface area contributed by atoms with Gasteiger partial charge in [-0.2, -0.15) is 0 Å². The molecule has 0 saturated heterocycles. The molecule has 1 unspecified atom stereocenters. The molecule has 1 atom stereocenters. The Morgan fingerprint density at radius 2 is 1.77 bits per heavy atom. The van der Waals surface area contributed by atoms with Gasteiger partial charge in [-0.25, -0.2) is 13.6 Å². The normalized spacial score (nSPS) is 11.9. The van der Waals surface area contributed by atoms with Gasteiger partial charge in [-0.3, -0.25) is 0 Å². The van der Waals surface area contributed by atoms with Gasteiger partial charge in [-0.15, -0.1) is 0 Å². The number of nitrogens with one attached hydrogen (secondary N) is 1. The molecule has 2 aromatic rings. The molecule has 6 heteroatoms. The van der Waals surface area contributed by atoms with Crippen LogP contribution in [-0.4, -0.2) is 18.0 Å². The number of nitrogens with zero attached hydrogens (tertiary/aromatic N) is 1. The number of carbonyl (C=O) groups excluding carboxylic acids is 1. The standard InChI is InChI=1S/C16H15ClF2N2O/c1-10(14-5-3-4-6-15(14)17)21(2)16(22)20-13-8-11(18)7-12(19)9-13/h3-10H,1-2H3,(H,20,22). The molecule has 0 heterocycles. The molecule has 3 nitrogen and oxygen atoms in total. The zero-order chi connectivity index (χ0) is 16.3. The topological polar surface area (TPSA) is 32.3 Å². The minimum atomic E-state index is -0.753. The number of urea groups is 1. The quantitative estimate of drug-likeness (QED) is 0.860. The second-order valence-electron chi connectivity index (χ2n) is 4.90. The highest BCUT2D eigenvalue weighted by atomic mass is 35.5. The highest BCUT2D eigenvalue weighted by Crippen LogP contribution is 2.26. The van der Waals surface area contributed by atoms with Gasteiger partial charge < -0.3 is 10.2 Å². The number of hydrogen-bond donors (Lipinski definition) is 1. The molecule has 2 amide bonds. The molecule has 2 aromatic carbocycles. The van der Waals surface area contributed by atoms with Crippen molar-refractivity contribution >= 4 is 23.3 Å². The summed E-state index contributed by atoms with van der Waals surface area (Å²) in [6, 6.07) is 9.24. The van der Waals surface area contributed by atoms with Crippen LogP contribution < -0.4 is 5.32 Å². The van der Waals surface area contributed by atoms with E-state index in [1.165, 1.54) is 4.90 Å². The van der Waals surface area contributed by atoms with Gasteiger partial charge in [0.25, 0.3) is 0 Å². The Bertz CT molecular complexity index is 673. The highest BCUT2D eigenvalue weighted by Gasteiger charge is 2.19. The molecule has 0 aliphatic rings. The maximum Gasteiger partial charge on any atom is 0.322 e. The summed E-state index contributed by atoms with van der Waals surface area (Å²) in [5.74, 6) is -1.51. The molecular formula is C16H15ClF2N2O. The zero-order valence-electron chi connectivity index (χ0n) is 12.1. The zero-order valence-corrected chi connectivity index (χ0v) is 12.9. The molecule has 116 valence electrons. The smallest absolute Gasteiger partial charge is 0.321 e. The van der Waals surface area contributed by atoms with Gasteiger partial charge in [0, 0.05) is 23.8 Å². The molecule has 0 spiro atoms. The summed E-state index contributed by atoms with van der Waals surface area (Å²) < 4.78 is 26.3. The molecule has 1 N–H and O–H groups in total. The fraction of sp³-hybridized carbons (Fsp3) is 0.188. The maximum absolute atomic E-state index is 13.1. The van der Waals surface area contributed by atoms with E-state index >= 15 is 0 Å². The highest BCUT2D eigenvalue weighted by molar-refractivity contribution is 6.31. The Kier molecular flexibility index (Phi) is 4.98. The minimum Gasteiger partial charge on any atom is -0.321 e. The molecule has 0 aromatic heterocycles. The van der Waals surface area contributed by atoms with E-state index in [1.807, 2.05) is 19.1 Å². The third-order valence-electron chi connectivity index (χ3n) is 3.37. The van der Waals surface area contributed by atoms with Crippen molar-refractivity contribution in [2.75, 3.05) is 12.4 Å². The van der Waals surface area contributed by atoms with E-state index in [9.17, 15) is 13.6 Å². The van der Waals surface area contributed by atoms with Crippen molar-refractivity contribution in [3.05, 3.63) is 64.7 Å². The SMILES string of the molecule is CC(c1ccccc1Cl)N(C)C(=O)Nc1cc(F)cc(F)c1. The fourth-order valence-corrected chi connectivity index (χ4v) is 2.33. The monoisotopic (exact) mass is 324 g/mol. The molecule has 0 saturated carbocycles. The Morgan fingerprint density at radius 3 is 2.36 bits per heavy atom. The number of rotatable bonds is 3. The van der Waals surface area contributed by atoms with E-state index in [1.54, 1.807) is 19.2 Å². The number of amides is 2. The van der Waals surface area contributed by atoms with Crippen LogP contribution in [0, 0.1) is 11.6 Å². The molecule has 0 radical (unpaired) electrons. The van der Waals surface area contributed by atoms with E-state index < -0.39 is 17.7 Å². The summed E-state index contributed by atoms with van der Waals surface area (Å²) in [5, 5.41) is 3.01. The predicted molar refractivity (Wildman–Crippen MR) is 83.0 cm³/mol. The van der Waals surface area contributed by atoms with Crippen LogP contribution in [0.4, 0.5) is 19.3 Å². The van der Waals surface area contributed by atoms with Gasteiger partial charge in [0.2, 0.25) is 0 Å². The Hall–Kier alpha value is -2.14. The van der Waals surface area contributed by atoms with Gasteiger partial charge >= 0.3 is 6.03 Å². The lowest BCUT2D eigenvalue weighted by atomic mass is 10.1. The van der Waals surface area contributed by atoms with Gasteiger partial charge in [0.15, 0.2) is 0 Å². The van der Waals surface area contributed by atoms with Crippen LogP contribution in [0.1, 0.15) is 18.5 Å².